The van der Waals surface area contributed by atoms with E-state index < -0.39 is 33.5 Å². The molecule has 8 nitrogen and oxygen atoms in total. The Hall–Kier alpha value is -2.33. The summed E-state index contributed by atoms with van der Waals surface area (Å²) in [6.07, 6.45) is 0.775. The number of hydrogen-bond donors (Lipinski definition) is 2. The zero-order valence-corrected chi connectivity index (χ0v) is 18.3. The molecule has 2 fully saturated rings. The van der Waals surface area contributed by atoms with Crippen molar-refractivity contribution in [1.82, 2.24) is 15.1 Å². The Morgan fingerprint density at radius 1 is 1.19 bits per heavy atom. The average molecular weight is 471 g/mol. The third-order valence-corrected chi connectivity index (χ3v) is 8.34. The molecule has 3 amide bonds. The second kappa shape index (κ2) is 8.31. The number of urea groups is 1. The average Bonchev–Trinajstić information content (AvgIpc) is 3.01. The monoisotopic (exact) mass is 470 g/mol. The van der Waals surface area contributed by atoms with E-state index in [1.807, 2.05) is 4.90 Å². The van der Waals surface area contributed by atoms with Crippen LogP contribution in [0.2, 0.25) is 0 Å². The fourth-order valence-corrected chi connectivity index (χ4v) is 6.51. The van der Waals surface area contributed by atoms with E-state index in [0.29, 0.717) is 42.2 Å². The molecule has 2 atom stereocenters. The Kier molecular flexibility index (Phi) is 5.87. The van der Waals surface area contributed by atoms with E-state index in [1.54, 1.807) is 17.0 Å². The molecule has 2 unspecified atom stereocenters. The molecule has 11 heteroatoms. The highest BCUT2D eigenvalue weighted by atomic mass is 35.5. The van der Waals surface area contributed by atoms with E-state index >= 15 is 0 Å². The van der Waals surface area contributed by atoms with Gasteiger partial charge in [-0.05, 0) is 30.5 Å². The lowest BCUT2D eigenvalue weighted by Gasteiger charge is -2.41. The van der Waals surface area contributed by atoms with Gasteiger partial charge in [0.2, 0.25) is 5.91 Å². The molecule has 2 saturated heterocycles. The van der Waals surface area contributed by atoms with E-state index in [0.717, 1.165) is 0 Å². The van der Waals surface area contributed by atoms with Gasteiger partial charge in [-0.25, -0.2) is 17.6 Å². The lowest BCUT2D eigenvalue weighted by atomic mass is 9.88. The predicted molar refractivity (Wildman–Crippen MR) is 114 cm³/mol. The number of rotatable bonds is 3. The van der Waals surface area contributed by atoms with Crippen molar-refractivity contribution >= 4 is 38.9 Å². The Labute approximate surface area is 185 Å². The number of amides is 3. The normalized spacial score (nSPS) is 26.0. The Morgan fingerprint density at radius 3 is 2.55 bits per heavy atom. The molecule has 1 aromatic rings. The van der Waals surface area contributed by atoms with E-state index in [4.69, 9.17) is 17.3 Å². The first kappa shape index (κ1) is 21.9. The van der Waals surface area contributed by atoms with E-state index in [9.17, 15) is 22.4 Å². The Bertz CT molecular complexity index is 1030. The number of carbonyl (C=O) groups excluding carboxylic acids is 2. The summed E-state index contributed by atoms with van der Waals surface area (Å²) < 4.78 is 37.0. The van der Waals surface area contributed by atoms with Gasteiger partial charge in [0.25, 0.3) is 0 Å². The molecule has 3 aliphatic heterocycles. The number of carbonyl (C=O) groups is 2. The molecule has 0 aromatic heterocycles. The number of benzene rings is 1. The van der Waals surface area contributed by atoms with Crippen molar-refractivity contribution in [2.24, 2.45) is 11.7 Å². The largest absolute Gasteiger partial charge is 0.369 e. The molecule has 0 radical (unpaired) electrons. The van der Waals surface area contributed by atoms with Crippen LogP contribution in [-0.2, 0) is 14.6 Å². The fraction of sp³-hybridized carbons (Fsp3) is 0.500. The van der Waals surface area contributed by atoms with Crippen molar-refractivity contribution in [2.45, 2.75) is 24.9 Å². The first-order valence-electron chi connectivity index (χ1n) is 10.1. The zero-order chi connectivity index (χ0) is 22.3. The third kappa shape index (κ3) is 4.36. The summed E-state index contributed by atoms with van der Waals surface area (Å²) in [4.78, 5) is 28.6. The molecule has 168 valence electrons. The van der Waals surface area contributed by atoms with Gasteiger partial charge in [-0.1, -0.05) is 23.7 Å². The van der Waals surface area contributed by atoms with E-state index in [1.165, 1.54) is 12.1 Å². The smallest absolute Gasteiger partial charge is 0.317 e. The van der Waals surface area contributed by atoms with Crippen LogP contribution in [0, 0.1) is 11.7 Å². The van der Waals surface area contributed by atoms with Gasteiger partial charge in [-0.3, -0.25) is 4.79 Å². The molecular weight excluding hydrogens is 447 g/mol. The summed E-state index contributed by atoms with van der Waals surface area (Å²) in [7, 11) is -3.02. The molecule has 3 aliphatic rings. The topological polar surface area (TPSA) is 113 Å². The number of primary amides is 1. The molecule has 0 aliphatic carbocycles. The highest BCUT2D eigenvalue weighted by Gasteiger charge is 2.47. The lowest BCUT2D eigenvalue weighted by Crippen LogP contribution is -2.58. The van der Waals surface area contributed by atoms with E-state index in [2.05, 4.69) is 5.32 Å². The second-order valence-electron chi connectivity index (χ2n) is 8.18. The number of nitrogens with two attached hydrogens (primary N) is 1. The van der Waals surface area contributed by atoms with Gasteiger partial charge in [0, 0.05) is 31.2 Å². The number of nitrogens with zero attached hydrogens (tertiary/aromatic N) is 2. The van der Waals surface area contributed by atoms with Gasteiger partial charge < -0.3 is 20.9 Å². The number of nitrogens with one attached hydrogen (secondary N) is 1. The maximum absolute atomic E-state index is 13.8. The van der Waals surface area contributed by atoms with Crippen molar-refractivity contribution in [3.63, 3.8) is 0 Å². The first-order chi connectivity index (χ1) is 14.7. The standard InChI is InChI=1S/C20H24ClFN4O4S/c21-18-16(12-2-1-3-13(22)10-12)17(19(23)27)15-11-25(6-7-26(15)18)20(28)24-14-4-8-31(29,30)9-5-14/h1-3,10,14-15,17H,4-9,11H2,(H2,23,27)(H,24,28). The van der Waals surface area contributed by atoms with Crippen LogP contribution in [-0.4, -0.2) is 73.4 Å². The van der Waals surface area contributed by atoms with E-state index in [-0.39, 0.29) is 30.1 Å². The molecular formula is C20H24ClFN4O4S. The number of halogens is 2. The summed E-state index contributed by atoms with van der Waals surface area (Å²) in [5, 5.41) is 3.25. The minimum absolute atomic E-state index is 0.0641. The Balaban J connectivity index is 1.50. The minimum Gasteiger partial charge on any atom is -0.369 e. The maximum Gasteiger partial charge on any atom is 0.317 e. The molecule has 3 N–H and O–H groups in total. The molecule has 4 rings (SSSR count). The number of fused-ring (bicyclic) bond motifs is 1. The molecule has 0 spiro atoms. The van der Waals surface area contributed by atoms with Crippen LogP contribution in [0.3, 0.4) is 0 Å². The van der Waals surface area contributed by atoms with Crippen LogP contribution in [0.4, 0.5) is 9.18 Å². The van der Waals surface area contributed by atoms with Crippen molar-refractivity contribution < 1.29 is 22.4 Å². The number of hydrogen-bond acceptors (Lipinski definition) is 5. The fourth-order valence-electron chi connectivity index (χ4n) is 4.59. The Morgan fingerprint density at radius 2 is 1.90 bits per heavy atom. The summed E-state index contributed by atoms with van der Waals surface area (Å²) in [6, 6.07) is 4.89. The van der Waals surface area contributed by atoms with Crippen LogP contribution in [0.5, 0.6) is 0 Å². The highest BCUT2D eigenvalue weighted by molar-refractivity contribution is 7.91. The molecule has 0 bridgehead atoms. The number of sulfone groups is 1. The lowest BCUT2D eigenvalue weighted by molar-refractivity contribution is -0.121. The number of piperazine rings is 1. The molecule has 31 heavy (non-hydrogen) atoms. The highest BCUT2D eigenvalue weighted by Crippen LogP contribution is 2.43. The van der Waals surface area contributed by atoms with Gasteiger partial charge in [-0.15, -0.1) is 0 Å². The van der Waals surface area contributed by atoms with Crippen LogP contribution in [0.25, 0.3) is 5.57 Å². The second-order valence-corrected chi connectivity index (χ2v) is 10.8. The van der Waals surface area contributed by atoms with Crippen molar-refractivity contribution in [1.29, 1.82) is 0 Å². The summed E-state index contributed by atoms with van der Waals surface area (Å²) in [5.74, 6) is -1.70. The minimum atomic E-state index is -3.02. The van der Waals surface area contributed by atoms with Crippen LogP contribution in [0.15, 0.2) is 29.4 Å². The predicted octanol–water partition coefficient (Wildman–Crippen LogP) is 1.12. The summed E-state index contributed by atoms with van der Waals surface area (Å²) in [6.45, 7) is 1.00. The van der Waals surface area contributed by atoms with Crippen molar-refractivity contribution in [2.75, 3.05) is 31.1 Å². The quantitative estimate of drug-likeness (QED) is 0.643. The first-order valence-corrected chi connectivity index (χ1v) is 12.3. The zero-order valence-electron chi connectivity index (χ0n) is 16.8. The summed E-state index contributed by atoms with van der Waals surface area (Å²) >= 11 is 6.59. The van der Waals surface area contributed by atoms with Crippen molar-refractivity contribution in [3.8, 4) is 0 Å². The van der Waals surface area contributed by atoms with Gasteiger partial charge >= 0.3 is 6.03 Å². The third-order valence-electron chi connectivity index (χ3n) is 6.20. The van der Waals surface area contributed by atoms with Gasteiger partial charge in [-0.2, -0.15) is 0 Å². The van der Waals surface area contributed by atoms with Crippen molar-refractivity contribution in [3.05, 3.63) is 40.8 Å². The summed E-state index contributed by atoms with van der Waals surface area (Å²) in [5.41, 5.74) is 6.66. The molecule has 1 aromatic carbocycles. The van der Waals surface area contributed by atoms with Crippen LogP contribution in [0.1, 0.15) is 18.4 Å². The van der Waals surface area contributed by atoms with Gasteiger partial charge in [0.05, 0.1) is 23.5 Å². The SMILES string of the molecule is NC(=O)C1C(c2cccc(F)c2)=C(Cl)N2CCN(C(=O)NC3CCS(=O)(=O)CC3)CC12. The van der Waals surface area contributed by atoms with Gasteiger partial charge in [0.15, 0.2) is 0 Å². The van der Waals surface area contributed by atoms with Gasteiger partial charge in [0.1, 0.15) is 20.8 Å². The maximum atomic E-state index is 13.8. The van der Waals surface area contributed by atoms with Crippen LogP contribution < -0.4 is 11.1 Å². The molecule has 3 heterocycles. The molecule has 0 saturated carbocycles. The van der Waals surface area contributed by atoms with Crippen LogP contribution >= 0.6 is 11.6 Å².